The molecule has 0 saturated carbocycles. The Labute approximate surface area is 145 Å². The molecule has 0 radical (unpaired) electrons. The van der Waals surface area contributed by atoms with E-state index in [2.05, 4.69) is 0 Å². The van der Waals surface area contributed by atoms with Gasteiger partial charge in [-0.3, -0.25) is 20.2 Å². The van der Waals surface area contributed by atoms with Crippen LogP contribution in [-0.4, -0.2) is 32.0 Å². The Morgan fingerprint density at radius 3 is 1.96 bits per heavy atom. The molecule has 10 heteroatoms. The number of nitro benzene ring substituents is 2. The number of carbonyl (C=O) groups is 2. The summed E-state index contributed by atoms with van der Waals surface area (Å²) in [4.78, 5) is 42.7. The van der Waals surface area contributed by atoms with Crippen LogP contribution in [0.15, 0.2) is 30.3 Å². The first kappa shape index (κ1) is 18.5. The number of benzene rings is 2. The monoisotopic (exact) mass is 360 g/mol. The molecule has 0 aliphatic carbocycles. The van der Waals surface area contributed by atoms with Gasteiger partial charge in [-0.1, -0.05) is 6.07 Å². The zero-order valence-electron chi connectivity index (χ0n) is 13.3. The highest BCUT2D eigenvalue weighted by atomic mass is 16.6. The van der Waals surface area contributed by atoms with Crippen LogP contribution in [0.25, 0.3) is 0 Å². The summed E-state index contributed by atoms with van der Waals surface area (Å²) in [6.45, 7) is 1.56. The smallest absolute Gasteiger partial charge is 0.342 e. The summed E-state index contributed by atoms with van der Waals surface area (Å²) in [6.07, 6.45) is 0.0350. The van der Waals surface area contributed by atoms with Crippen LogP contribution in [0.2, 0.25) is 0 Å². The minimum absolute atomic E-state index is 0.0350. The molecule has 10 nitrogen and oxygen atoms in total. The number of aryl methyl sites for hydroxylation is 1. The third-order valence-corrected chi connectivity index (χ3v) is 3.77. The molecule has 2 aromatic rings. The maximum absolute atomic E-state index is 11.1. The molecule has 134 valence electrons. The van der Waals surface area contributed by atoms with Gasteiger partial charge in [0.15, 0.2) is 0 Å². The number of hydrogen-bond donors (Lipinski definition) is 2. The lowest BCUT2D eigenvalue weighted by molar-refractivity contribution is -0.385. The van der Waals surface area contributed by atoms with Crippen molar-refractivity contribution >= 4 is 23.3 Å². The lowest BCUT2D eigenvalue weighted by atomic mass is 9.96. The van der Waals surface area contributed by atoms with Gasteiger partial charge in [0, 0.05) is 12.1 Å². The van der Waals surface area contributed by atoms with Gasteiger partial charge in [-0.05, 0) is 42.2 Å². The number of rotatable bonds is 6. The van der Waals surface area contributed by atoms with Crippen molar-refractivity contribution < 1.29 is 29.6 Å². The molecule has 0 aromatic heterocycles. The number of nitro groups is 2. The summed E-state index contributed by atoms with van der Waals surface area (Å²) in [6, 6.07) is 5.81. The van der Waals surface area contributed by atoms with E-state index >= 15 is 0 Å². The van der Waals surface area contributed by atoms with Gasteiger partial charge in [0.2, 0.25) is 0 Å². The zero-order chi connectivity index (χ0) is 19.6. The van der Waals surface area contributed by atoms with Crippen LogP contribution in [0.3, 0.4) is 0 Å². The van der Waals surface area contributed by atoms with Gasteiger partial charge in [-0.15, -0.1) is 0 Å². The number of carboxylic acid groups (broad SMARTS) is 2. The average Bonchev–Trinajstić information content (AvgIpc) is 2.55. The molecule has 0 amide bonds. The molecule has 0 aliphatic rings. The molecule has 0 saturated heterocycles. The third-order valence-electron chi connectivity index (χ3n) is 3.77. The van der Waals surface area contributed by atoms with Gasteiger partial charge >= 0.3 is 11.9 Å². The fourth-order valence-electron chi connectivity index (χ4n) is 2.49. The molecule has 0 spiro atoms. The standard InChI is InChI=1S/C16H12N2O8/c1-8-4-12(16(21)22)14(18(25)26)7-10(8)5-9-2-3-11(15(19)20)13(6-9)17(23)24/h2-4,6-7H,5H2,1H3,(H,19,20)(H,21,22). The van der Waals surface area contributed by atoms with Crippen molar-refractivity contribution in [3.63, 3.8) is 0 Å². The molecule has 26 heavy (non-hydrogen) atoms. The molecule has 2 rings (SSSR count). The predicted molar refractivity (Wildman–Crippen MR) is 87.7 cm³/mol. The van der Waals surface area contributed by atoms with Crippen molar-refractivity contribution in [1.29, 1.82) is 0 Å². The minimum atomic E-state index is -1.44. The highest BCUT2D eigenvalue weighted by Gasteiger charge is 2.23. The first-order chi connectivity index (χ1) is 12.1. The van der Waals surface area contributed by atoms with Gasteiger partial charge in [0.25, 0.3) is 11.4 Å². The molecular formula is C16H12N2O8. The Balaban J connectivity index is 2.52. The summed E-state index contributed by atoms with van der Waals surface area (Å²) in [5.41, 5.74) is -0.885. The normalized spacial score (nSPS) is 10.3. The van der Waals surface area contributed by atoms with Gasteiger partial charge in [-0.2, -0.15) is 0 Å². The average molecular weight is 360 g/mol. The fourth-order valence-corrected chi connectivity index (χ4v) is 2.49. The van der Waals surface area contributed by atoms with Crippen LogP contribution in [-0.2, 0) is 6.42 Å². The minimum Gasteiger partial charge on any atom is -0.477 e. The molecule has 2 aromatic carbocycles. The third kappa shape index (κ3) is 3.64. The largest absolute Gasteiger partial charge is 0.477 e. The first-order valence-corrected chi connectivity index (χ1v) is 7.13. The van der Waals surface area contributed by atoms with Crippen molar-refractivity contribution in [2.24, 2.45) is 0 Å². The second-order valence-electron chi connectivity index (χ2n) is 5.45. The van der Waals surface area contributed by atoms with E-state index in [1.165, 1.54) is 6.07 Å². The van der Waals surface area contributed by atoms with Crippen molar-refractivity contribution in [3.05, 3.63) is 78.4 Å². The molecule has 0 bridgehead atoms. The van der Waals surface area contributed by atoms with E-state index in [4.69, 9.17) is 10.2 Å². The van der Waals surface area contributed by atoms with Crippen LogP contribution < -0.4 is 0 Å². The van der Waals surface area contributed by atoms with Crippen LogP contribution in [0, 0.1) is 27.2 Å². The van der Waals surface area contributed by atoms with E-state index in [1.807, 2.05) is 0 Å². The fraction of sp³-hybridized carbons (Fsp3) is 0.125. The van der Waals surface area contributed by atoms with Gasteiger partial charge in [0.1, 0.15) is 11.1 Å². The molecular weight excluding hydrogens is 348 g/mol. The van der Waals surface area contributed by atoms with E-state index in [1.54, 1.807) is 6.92 Å². The number of nitrogens with zero attached hydrogens (tertiary/aromatic N) is 2. The highest BCUT2D eigenvalue weighted by Crippen LogP contribution is 2.27. The maximum atomic E-state index is 11.1. The molecule has 0 aliphatic heterocycles. The zero-order valence-corrected chi connectivity index (χ0v) is 13.3. The van der Waals surface area contributed by atoms with Gasteiger partial charge in [-0.25, -0.2) is 9.59 Å². The van der Waals surface area contributed by atoms with Crippen LogP contribution in [0.1, 0.15) is 37.4 Å². The molecule has 0 fully saturated rings. The number of aromatic carboxylic acids is 2. The Morgan fingerprint density at radius 1 is 0.923 bits per heavy atom. The Kier molecular flexibility index (Phi) is 4.96. The molecule has 2 N–H and O–H groups in total. The van der Waals surface area contributed by atoms with Gasteiger partial charge in [0.05, 0.1) is 9.85 Å². The molecule has 0 unspecified atom stereocenters. The number of hydrogen-bond acceptors (Lipinski definition) is 6. The van der Waals surface area contributed by atoms with E-state index < -0.39 is 44.3 Å². The maximum Gasteiger partial charge on any atom is 0.342 e. The lowest BCUT2D eigenvalue weighted by Gasteiger charge is -2.09. The van der Waals surface area contributed by atoms with Crippen molar-refractivity contribution in [3.8, 4) is 0 Å². The van der Waals surface area contributed by atoms with Crippen molar-refractivity contribution in [2.75, 3.05) is 0 Å². The van der Waals surface area contributed by atoms with Crippen molar-refractivity contribution in [2.45, 2.75) is 13.3 Å². The summed E-state index contributed by atoms with van der Waals surface area (Å²) in [7, 11) is 0. The van der Waals surface area contributed by atoms with Gasteiger partial charge < -0.3 is 10.2 Å². The van der Waals surface area contributed by atoms with E-state index in [9.17, 15) is 29.8 Å². The van der Waals surface area contributed by atoms with Crippen LogP contribution in [0.4, 0.5) is 11.4 Å². The SMILES string of the molecule is Cc1cc(C(=O)O)c([N+](=O)[O-])cc1Cc1ccc(C(=O)O)c([N+](=O)[O-])c1. The summed E-state index contributed by atoms with van der Waals surface area (Å²) in [5.74, 6) is -2.88. The highest BCUT2D eigenvalue weighted by molar-refractivity contribution is 5.93. The second kappa shape index (κ2) is 6.97. The quantitative estimate of drug-likeness (QED) is 0.587. The number of carboxylic acids is 2. The first-order valence-electron chi connectivity index (χ1n) is 7.13. The summed E-state index contributed by atoms with van der Waals surface area (Å²) >= 11 is 0. The Hall–Kier alpha value is -3.82. The van der Waals surface area contributed by atoms with E-state index in [0.29, 0.717) is 16.7 Å². The van der Waals surface area contributed by atoms with Crippen molar-refractivity contribution in [1.82, 2.24) is 0 Å². The lowest BCUT2D eigenvalue weighted by Crippen LogP contribution is -2.06. The Morgan fingerprint density at radius 2 is 1.46 bits per heavy atom. The molecule has 0 heterocycles. The van der Waals surface area contributed by atoms with E-state index in [-0.39, 0.29) is 6.42 Å². The topological polar surface area (TPSA) is 161 Å². The van der Waals surface area contributed by atoms with Crippen LogP contribution >= 0.6 is 0 Å². The molecule has 0 atom stereocenters. The summed E-state index contributed by atoms with van der Waals surface area (Å²) in [5, 5.41) is 40.2. The predicted octanol–water partition coefficient (Wildman–Crippen LogP) is 2.80. The Bertz CT molecular complexity index is 952. The van der Waals surface area contributed by atoms with Crippen LogP contribution in [0.5, 0.6) is 0 Å². The van der Waals surface area contributed by atoms with E-state index in [0.717, 1.165) is 24.3 Å². The second-order valence-corrected chi connectivity index (χ2v) is 5.45. The summed E-state index contributed by atoms with van der Waals surface area (Å²) < 4.78 is 0.